The summed E-state index contributed by atoms with van der Waals surface area (Å²) in [5.74, 6) is 0.906. The van der Waals surface area contributed by atoms with Crippen molar-refractivity contribution >= 4 is 5.82 Å². The van der Waals surface area contributed by atoms with Crippen LogP contribution in [0.5, 0.6) is 0 Å². The predicted molar refractivity (Wildman–Crippen MR) is 64.2 cm³/mol. The minimum Gasteiger partial charge on any atom is -0.364 e. The Morgan fingerprint density at radius 2 is 2.19 bits per heavy atom. The van der Waals surface area contributed by atoms with Crippen molar-refractivity contribution in [2.75, 3.05) is 5.32 Å². The second-order valence-corrected chi connectivity index (χ2v) is 3.66. The van der Waals surface area contributed by atoms with Gasteiger partial charge in [-0.05, 0) is 32.0 Å². The van der Waals surface area contributed by atoms with Crippen molar-refractivity contribution in [3.63, 3.8) is 0 Å². The molecule has 0 atom stereocenters. The summed E-state index contributed by atoms with van der Waals surface area (Å²) in [6.45, 7) is 5.72. The summed E-state index contributed by atoms with van der Waals surface area (Å²) in [5, 5.41) is 7.51. The number of hydrogen-bond donors (Lipinski definition) is 1. The second kappa shape index (κ2) is 4.79. The molecule has 0 radical (unpaired) electrons. The van der Waals surface area contributed by atoms with E-state index in [2.05, 4.69) is 22.3 Å². The molecule has 84 valence electrons. The highest BCUT2D eigenvalue weighted by molar-refractivity contribution is 5.35. The van der Waals surface area contributed by atoms with Crippen molar-refractivity contribution in [3.8, 4) is 0 Å². The van der Waals surface area contributed by atoms with E-state index in [-0.39, 0.29) is 0 Å². The molecule has 2 heterocycles. The summed E-state index contributed by atoms with van der Waals surface area (Å²) in [4.78, 5) is 4.39. The Morgan fingerprint density at radius 1 is 1.31 bits per heavy atom. The average Bonchev–Trinajstić information content (AvgIpc) is 2.74. The van der Waals surface area contributed by atoms with Crippen LogP contribution in [0.2, 0.25) is 0 Å². The largest absolute Gasteiger partial charge is 0.364 e. The molecular formula is C12H16N4. The molecule has 0 bridgehead atoms. The number of aromatic nitrogens is 3. The molecule has 2 aromatic rings. The van der Waals surface area contributed by atoms with Gasteiger partial charge in [-0.3, -0.25) is 4.68 Å². The number of nitrogens with zero attached hydrogens (tertiary/aromatic N) is 3. The number of pyridine rings is 1. The number of aryl methyl sites for hydroxylation is 2. The Labute approximate surface area is 95.3 Å². The molecule has 0 amide bonds. The quantitative estimate of drug-likeness (QED) is 0.852. The van der Waals surface area contributed by atoms with Gasteiger partial charge >= 0.3 is 0 Å². The van der Waals surface area contributed by atoms with Crippen LogP contribution in [0.3, 0.4) is 0 Å². The van der Waals surface area contributed by atoms with E-state index in [4.69, 9.17) is 0 Å². The van der Waals surface area contributed by atoms with Gasteiger partial charge in [-0.2, -0.15) is 5.10 Å². The van der Waals surface area contributed by atoms with E-state index in [0.717, 1.165) is 24.6 Å². The molecule has 0 spiro atoms. The highest BCUT2D eigenvalue weighted by Crippen LogP contribution is 2.06. The molecule has 16 heavy (non-hydrogen) atoms. The minimum absolute atomic E-state index is 0.754. The lowest BCUT2D eigenvalue weighted by atomic mass is 10.3. The summed E-state index contributed by atoms with van der Waals surface area (Å²) in [7, 11) is 0. The zero-order valence-corrected chi connectivity index (χ0v) is 9.64. The smallest absolute Gasteiger partial charge is 0.126 e. The van der Waals surface area contributed by atoms with Crippen LogP contribution in [-0.2, 0) is 13.1 Å². The van der Waals surface area contributed by atoms with Gasteiger partial charge in [-0.25, -0.2) is 4.98 Å². The Balaban J connectivity index is 2.02. The summed E-state index contributed by atoms with van der Waals surface area (Å²) in [6.07, 6.45) is 1.82. The minimum atomic E-state index is 0.754. The first kappa shape index (κ1) is 10.7. The van der Waals surface area contributed by atoms with Crippen molar-refractivity contribution in [1.29, 1.82) is 0 Å². The maximum absolute atomic E-state index is 4.39. The third-order valence-corrected chi connectivity index (χ3v) is 2.44. The van der Waals surface area contributed by atoms with Gasteiger partial charge in [0.25, 0.3) is 0 Å². The van der Waals surface area contributed by atoms with Crippen molar-refractivity contribution in [3.05, 3.63) is 41.9 Å². The molecule has 0 aliphatic carbocycles. The van der Waals surface area contributed by atoms with Crippen LogP contribution in [-0.4, -0.2) is 14.8 Å². The van der Waals surface area contributed by atoms with Crippen molar-refractivity contribution in [1.82, 2.24) is 14.8 Å². The molecular weight excluding hydrogens is 200 g/mol. The van der Waals surface area contributed by atoms with E-state index in [1.54, 1.807) is 0 Å². The van der Waals surface area contributed by atoms with Gasteiger partial charge in [-0.1, -0.05) is 6.07 Å². The summed E-state index contributed by atoms with van der Waals surface area (Å²) in [6, 6.07) is 7.98. The van der Waals surface area contributed by atoms with Crippen molar-refractivity contribution < 1.29 is 0 Å². The Morgan fingerprint density at radius 3 is 2.94 bits per heavy atom. The lowest BCUT2D eigenvalue weighted by Gasteiger charge is -2.07. The molecule has 4 heteroatoms. The molecule has 1 N–H and O–H groups in total. The molecule has 0 fully saturated rings. The third-order valence-electron chi connectivity index (χ3n) is 2.44. The monoisotopic (exact) mass is 216 g/mol. The van der Waals surface area contributed by atoms with E-state index in [1.165, 1.54) is 5.69 Å². The topological polar surface area (TPSA) is 42.7 Å². The van der Waals surface area contributed by atoms with Crippen LogP contribution >= 0.6 is 0 Å². The van der Waals surface area contributed by atoms with Gasteiger partial charge in [0.15, 0.2) is 0 Å². The van der Waals surface area contributed by atoms with Gasteiger partial charge in [-0.15, -0.1) is 0 Å². The van der Waals surface area contributed by atoms with Gasteiger partial charge in [0.2, 0.25) is 0 Å². The SMILES string of the molecule is CCn1nccc1CNc1cccc(C)n1. The van der Waals surface area contributed by atoms with E-state index < -0.39 is 0 Å². The zero-order valence-electron chi connectivity index (χ0n) is 9.64. The van der Waals surface area contributed by atoms with Crippen molar-refractivity contribution in [2.45, 2.75) is 26.9 Å². The predicted octanol–water partition coefficient (Wildman–Crippen LogP) is 2.22. The van der Waals surface area contributed by atoms with Crippen LogP contribution < -0.4 is 5.32 Å². The number of rotatable bonds is 4. The molecule has 4 nitrogen and oxygen atoms in total. The molecule has 2 aromatic heterocycles. The zero-order chi connectivity index (χ0) is 11.4. The molecule has 0 unspecified atom stereocenters. The molecule has 0 aliphatic heterocycles. The fourth-order valence-electron chi connectivity index (χ4n) is 1.62. The van der Waals surface area contributed by atoms with Crippen LogP contribution in [0.4, 0.5) is 5.82 Å². The molecule has 0 aliphatic rings. The summed E-state index contributed by atoms with van der Waals surface area (Å²) in [5.41, 5.74) is 2.19. The first-order chi connectivity index (χ1) is 7.79. The molecule has 0 saturated carbocycles. The second-order valence-electron chi connectivity index (χ2n) is 3.66. The summed E-state index contributed by atoms with van der Waals surface area (Å²) >= 11 is 0. The summed E-state index contributed by atoms with van der Waals surface area (Å²) < 4.78 is 1.97. The number of nitrogens with one attached hydrogen (secondary N) is 1. The van der Waals surface area contributed by atoms with E-state index in [1.807, 2.05) is 42.1 Å². The van der Waals surface area contributed by atoms with Crippen molar-refractivity contribution in [2.24, 2.45) is 0 Å². The first-order valence-corrected chi connectivity index (χ1v) is 5.48. The van der Waals surface area contributed by atoms with Crippen LogP contribution in [0, 0.1) is 6.92 Å². The molecule has 2 rings (SSSR count). The first-order valence-electron chi connectivity index (χ1n) is 5.48. The Kier molecular flexibility index (Phi) is 3.19. The fourth-order valence-corrected chi connectivity index (χ4v) is 1.62. The lowest BCUT2D eigenvalue weighted by molar-refractivity contribution is 0.627. The van der Waals surface area contributed by atoms with Crippen LogP contribution in [0.15, 0.2) is 30.5 Å². The maximum Gasteiger partial charge on any atom is 0.126 e. The highest BCUT2D eigenvalue weighted by atomic mass is 15.3. The number of anilines is 1. The van der Waals surface area contributed by atoms with Gasteiger partial charge in [0, 0.05) is 18.4 Å². The van der Waals surface area contributed by atoms with Crippen LogP contribution in [0.25, 0.3) is 0 Å². The standard InChI is InChI=1S/C12H16N4/c1-3-16-11(7-8-14-16)9-13-12-6-4-5-10(2)15-12/h4-8H,3,9H2,1-2H3,(H,13,15). The van der Waals surface area contributed by atoms with Crippen LogP contribution in [0.1, 0.15) is 18.3 Å². The third kappa shape index (κ3) is 2.39. The molecule has 0 aromatic carbocycles. The Bertz CT molecular complexity index is 462. The molecule has 0 saturated heterocycles. The van der Waals surface area contributed by atoms with E-state index >= 15 is 0 Å². The average molecular weight is 216 g/mol. The maximum atomic E-state index is 4.39. The van der Waals surface area contributed by atoms with Gasteiger partial charge < -0.3 is 5.32 Å². The Hall–Kier alpha value is -1.84. The normalized spacial score (nSPS) is 10.4. The lowest BCUT2D eigenvalue weighted by Crippen LogP contribution is -2.08. The van der Waals surface area contributed by atoms with E-state index in [9.17, 15) is 0 Å². The fraction of sp³-hybridized carbons (Fsp3) is 0.333. The van der Waals surface area contributed by atoms with Gasteiger partial charge in [0.05, 0.1) is 12.2 Å². The number of hydrogen-bond acceptors (Lipinski definition) is 3. The van der Waals surface area contributed by atoms with Gasteiger partial charge in [0.1, 0.15) is 5.82 Å². The highest BCUT2D eigenvalue weighted by Gasteiger charge is 2.00. The van der Waals surface area contributed by atoms with E-state index in [0.29, 0.717) is 0 Å².